The number of aliphatic hydroxyl groups excluding tert-OH is 1. The van der Waals surface area contributed by atoms with Crippen LogP contribution in [-0.2, 0) is 19.1 Å². The van der Waals surface area contributed by atoms with Gasteiger partial charge >= 0.3 is 11.9 Å². The van der Waals surface area contributed by atoms with Crippen molar-refractivity contribution in [3.8, 4) is 0 Å². The Hall–Kier alpha value is -3.44. The van der Waals surface area contributed by atoms with E-state index in [0.717, 1.165) is 116 Å². The van der Waals surface area contributed by atoms with E-state index < -0.39 is 6.10 Å². The Bertz CT molecular complexity index is 1150. The molecule has 0 bridgehead atoms. The molecular weight excluding hydrogens is 693 g/mol. The molecule has 0 radical (unpaired) electrons. The van der Waals surface area contributed by atoms with Crippen LogP contribution >= 0.6 is 0 Å². The maximum Gasteiger partial charge on any atom is 0.306 e. The fourth-order valence-corrected chi connectivity index (χ4v) is 5.72. The maximum absolute atomic E-state index is 12.2. The van der Waals surface area contributed by atoms with Crippen molar-refractivity contribution >= 4 is 11.9 Å². The van der Waals surface area contributed by atoms with E-state index >= 15 is 0 Å². The summed E-state index contributed by atoms with van der Waals surface area (Å²) in [5, 5.41) is 9.54. The molecule has 5 heteroatoms. The zero-order valence-corrected chi connectivity index (χ0v) is 35.8. The number of ether oxygens (including phenoxy) is 2. The summed E-state index contributed by atoms with van der Waals surface area (Å²) in [4.78, 5) is 24.2. The van der Waals surface area contributed by atoms with Crippen molar-refractivity contribution in [2.75, 3.05) is 13.2 Å². The number of hydrogen-bond acceptors (Lipinski definition) is 5. The second-order valence-electron chi connectivity index (χ2n) is 14.4. The Morgan fingerprint density at radius 3 is 1.16 bits per heavy atom. The van der Waals surface area contributed by atoms with Crippen LogP contribution in [0.5, 0.6) is 0 Å². The minimum atomic E-state index is -0.785. The lowest BCUT2D eigenvalue weighted by molar-refractivity contribution is -0.161. The molecule has 1 unspecified atom stereocenters. The van der Waals surface area contributed by atoms with Gasteiger partial charge in [-0.1, -0.05) is 194 Å². The highest BCUT2D eigenvalue weighted by Gasteiger charge is 2.16. The van der Waals surface area contributed by atoms with Crippen molar-refractivity contribution in [3.63, 3.8) is 0 Å². The summed E-state index contributed by atoms with van der Waals surface area (Å²) < 4.78 is 10.6. The number of esters is 2. The summed E-state index contributed by atoms with van der Waals surface area (Å²) in [6, 6.07) is 0. The third-order valence-electron chi connectivity index (χ3n) is 9.08. The minimum Gasteiger partial charge on any atom is -0.462 e. The number of hydrogen-bond donors (Lipinski definition) is 1. The topological polar surface area (TPSA) is 72.8 Å². The fraction of sp³-hybridized carbons (Fsp3) is 0.608. The highest BCUT2D eigenvalue weighted by atomic mass is 16.6. The number of unbranched alkanes of at least 4 members (excludes halogenated alkanes) is 13. The van der Waals surface area contributed by atoms with Gasteiger partial charge in [0.05, 0.1) is 6.61 Å². The van der Waals surface area contributed by atoms with Gasteiger partial charge in [0.2, 0.25) is 0 Å². The second kappa shape index (κ2) is 45.9. The molecule has 316 valence electrons. The molecular formula is C51H82O5. The SMILES string of the molecule is CC/C=C\C/C=C\C/C=C\C/C=C\C/C=C\C/C=C\C/C=C\C/C=C\C/C=C\CCCCCCCC(=O)OC(CO)COC(=O)CCCCCCCCCCC. The summed E-state index contributed by atoms with van der Waals surface area (Å²) in [6.45, 7) is 3.97. The lowest BCUT2D eigenvalue weighted by atomic mass is 10.1. The van der Waals surface area contributed by atoms with Crippen molar-refractivity contribution in [1.29, 1.82) is 0 Å². The van der Waals surface area contributed by atoms with Gasteiger partial charge in [-0.15, -0.1) is 0 Å². The largest absolute Gasteiger partial charge is 0.462 e. The highest BCUT2D eigenvalue weighted by molar-refractivity contribution is 5.70. The number of rotatable bonds is 39. The third kappa shape index (κ3) is 43.3. The molecule has 0 rings (SSSR count). The van der Waals surface area contributed by atoms with Gasteiger partial charge in [-0.05, 0) is 83.5 Å². The first kappa shape index (κ1) is 52.6. The molecule has 0 aromatic carbocycles. The molecule has 0 saturated heterocycles. The Labute approximate surface area is 344 Å². The van der Waals surface area contributed by atoms with E-state index in [4.69, 9.17) is 9.47 Å². The van der Waals surface area contributed by atoms with Gasteiger partial charge in [0.1, 0.15) is 6.61 Å². The average Bonchev–Trinajstić information content (AvgIpc) is 3.20. The van der Waals surface area contributed by atoms with Crippen LogP contribution in [0, 0.1) is 0 Å². The van der Waals surface area contributed by atoms with E-state index in [0.29, 0.717) is 12.8 Å². The van der Waals surface area contributed by atoms with Crippen molar-refractivity contribution in [2.45, 2.75) is 187 Å². The second-order valence-corrected chi connectivity index (χ2v) is 14.4. The third-order valence-corrected chi connectivity index (χ3v) is 9.08. The lowest BCUT2D eigenvalue weighted by Crippen LogP contribution is -2.28. The molecule has 0 fully saturated rings. The number of aliphatic hydroxyl groups is 1. The molecule has 0 spiro atoms. The van der Waals surface area contributed by atoms with E-state index in [1.807, 2.05) is 0 Å². The minimum absolute atomic E-state index is 0.0788. The van der Waals surface area contributed by atoms with Crippen molar-refractivity contribution in [2.24, 2.45) is 0 Å². The average molecular weight is 775 g/mol. The van der Waals surface area contributed by atoms with Crippen LogP contribution in [0.15, 0.2) is 109 Å². The molecule has 0 saturated carbocycles. The number of carbonyl (C=O) groups is 2. The predicted molar refractivity (Wildman–Crippen MR) is 242 cm³/mol. The molecule has 56 heavy (non-hydrogen) atoms. The Kier molecular flexibility index (Phi) is 43.1. The molecule has 0 aliphatic rings. The van der Waals surface area contributed by atoms with Crippen LogP contribution in [0.3, 0.4) is 0 Å². The standard InChI is InChI=1S/C51H82O5/c1-3-5-7-9-11-13-14-15-16-17-18-19-20-21-22-23-24-25-26-27-28-29-30-31-32-33-34-35-36-38-40-42-44-46-51(54)56-49(47-52)48-55-50(53)45-43-41-39-37-12-10-8-6-4-2/h5,7,11,13,15-16,18-19,21-22,24-25,27-28,30-31,33-34,49,52H,3-4,6,8-10,12,14,17,20,23,26,29,32,35-48H2,1-2H3/b7-5-,13-11-,16-15-,19-18-,22-21-,25-24-,28-27-,31-30-,34-33-. The maximum atomic E-state index is 12.2. The van der Waals surface area contributed by atoms with Crippen molar-refractivity contribution < 1.29 is 24.2 Å². The number of carbonyl (C=O) groups excluding carboxylic acids is 2. The summed E-state index contributed by atoms with van der Waals surface area (Å²) in [5.74, 6) is -0.624. The van der Waals surface area contributed by atoms with Crippen LogP contribution in [-0.4, -0.2) is 36.4 Å². The molecule has 0 aromatic heterocycles. The van der Waals surface area contributed by atoms with Crippen LogP contribution in [0.4, 0.5) is 0 Å². The summed E-state index contributed by atoms with van der Waals surface area (Å²) >= 11 is 0. The Morgan fingerprint density at radius 1 is 0.429 bits per heavy atom. The molecule has 0 amide bonds. The first-order valence-corrected chi connectivity index (χ1v) is 22.4. The first-order valence-electron chi connectivity index (χ1n) is 22.4. The van der Waals surface area contributed by atoms with E-state index in [1.54, 1.807) is 0 Å². The molecule has 1 atom stereocenters. The van der Waals surface area contributed by atoms with E-state index in [-0.39, 0.29) is 25.2 Å². The molecule has 5 nitrogen and oxygen atoms in total. The molecule has 1 N–H and O–H groups in total. The van der Waals surface area contributed by atoms with Crippen molar-refractivity contribution in [1.82, 2.24) is 0 Å². The zero-order chi connectivity index (χ0) is 40.7. The van der Waals surface area contributed by atoms with Crippen LogP contribution in [0.2, 0.25) is 0 Å². The predicted octanol–water partition coefficient (Wildman–Crippen LogP) is 14.6. The van der Waals surface area contributed by atoms with Gasteiger partial charge in [0.15, 0.2) is 6.10 Å². The normalized spacial score (nSPS) is 13.3. The summed E-state index contributed by atoms with van der Waals surface area (Å²) in [7, 11) is 0. The zero-order valence-electron chi connectivity index (χ0n) is 35.8. The van der Waals surface area contributed by atoms with Gasteiger partial charge in [-0.3, -0.25) is 9.59 Å². The van der Waals surface area contributed by atoms with Gasteiger partial charge in [0, 0.05) is 12.8 Å². The monoisotopic (exact) mass is 775 g/mol. The van der Waals surface area contributed by atoms with Gasteiger partial charge in [-0.2, -0.15) is 0 Å². The molecule has 0 aromatic rings. The Balaban J connectivity index is 3.66. The fourth-order valence-electron chi connectivity index (χ4n) is 5.72. The van der Waals surface area contributed by atoms with E-state index in [1.165, 1.54) is 38.5 Å². The smallest absolute Gasteiger partial charge is 0.306 e. The van der Waals surface area contributed by atoms with Gasteiger partial charge in [-0.25, -0.2) is 0 Å². The molecule has 0 aliphatic carbocycles. The van der Waals surface area contributed by atoms with Gasteiger partial charge < -0.3 is 14.6 Å². The van der Waals surface area contributed by atoms with Crippen molar-refractivity contribution in [3.05, 3.63) is 109 Å². The summed E-state index contributed by atoms with van der Waals surface area (Å²) in [5.41, 5.74) is 0. The summed E-state index contributed by atoms with van der Waals surface area (Å²) in [6.07, 6.45) is 66.0. The number of allylic oxidation sites excluding steroid dienone is 18. The highest BCUT2D eigenvalue weighted by Crippen LogP contribution is 2.12. The van der Waals surface area contributed by atoms with E-state index in [2.05, 4.69) is 123 Å². The first-order chi connectivity index (χ1) is 27.6. The quantitative estimate of drug-likeness (QED) is 0.0382. The van der Waals surface area contributed by atoms with Gasteiger partial charge in [0.25, 0.3) is 0 Å². The van der Waals surface area contributed by atoms with Crippen LogP contribution in [0.25, 0.3) is 0 Å². The lowest BCUT2D eigenvalue weighted by Gasteiger charge is -2.15. The van der Waals surface area contributed by atoms with Crippen LogP contribution < -0.4 is 0 Å². The van der Waals surface area contributed by atoms with Crippen LogP contribution in [0.1, 0.15) is 181 Å². The molecule has 0 heterocycles. The van der Waals surface area contributed by atoms with E-state index in [9.17, 15) is 14.7 Å². The Morgan fingerprint density at radius 2 is 0.768 bits per heavy atom. The molecule has 0 aliphatic heterocycles.